The number of rotatable bonds is 6. The molecule has 1 aromatic carbocycles. The lowest BCUT2D eigenvalue weighted by atomic mass is 10.2. The lowest BCUT2D eigenvalue weighted by Crippen LogP contribution is -2.29. The van der Waals surface area contributed by atoms with E-state index < -0.39 is 17.8 Å². The number of hydrogen-bond donors (Lipinski definition) is 2. The first-order valence-corrected chi connectivity index (χ1v) is 6.16. The number of anilines is 1. The summed E-state index contributed by atoms with van der Waals surface area (Å²) in [5.74, 6) is 0. The molecule has 0 aromatic heterocycles. The number of hydrogen-bond acceptors (Lipinski definition) is 2. The average Bonchev–Trinajstić information content (AvgIpc) is 2.42. The van der Waals surface area contributed by atoms with Gasteiger partial charge in [-0.1, -0.05) is 5.11 Å². The number of amides is 2. The zero-order chi connectivity index (χ0) is 15.7. The zero-order valence-electron chi connectivity index (χ0n) is 11.0. The predicted octanol–water partition coefficient (Wildman–Crippen LogP) is 3.92. The van der Waals surface area contributed by atoms with Gasteiger partial charge in [0.2, 0.25) is 0 Å². The normalized spacial score (nSPS) is 10.6. The number of carbonyl (C=O) groups is 1. The van der Waals surface area contributed by atoms with E-state index in [-0.39, 0.29) is 5.69 Å². The molecule has 0 heterocycles. The molecule has 0 saturated carbocycles. The van der Waals surface area contributed by atoms with Crippen LogP contribution in [-0.4, -0.2) is 19.1 Å². The standard InChI is InChI=1S/C12H14F3N5O/c13-12(14,15)9-3-5-10(6-4-9)19-11(21)17-7-1-2-8-18-20-16/h3-6H,1-2,7-8H2,(H2,17,19,21). The Balaban J connectivity index is 2.33. The molecule has 0 aliphatic rings. The number of unbranched alkanes of at least 4 members (excludes halogenated alkanes) is 1. The second-order valence-corrected chi connectivity index (χ2v) is 4.12. The van der Waals surface area contributed by atoms with E-state index in [1.54, 1.807) is 0 Å². The zero-order valence-corrected chi connectivity index (χ0v) is 11.0. The minimum atomic E-state index is -4.40. The monoisotopic (exact) mass is 301 g/mol. The van der Waals surface area contributed by atoms with Crippen molar-refractivity contribution in [2.75, 3.05) is 18.4 Å². The van der Waals surface area contributed by atoms with Gasteiger partial charge in [-0.3, -0.25) is 0 Å². The van der Waals surface area contributed by atoms with Gasteiger partial charge in [0.25, 0.3) is 0 Å². The van der Waals surface area contributed by atoms with Crippen LogP contribution >= 0.6 is 0 Å². The summed E-state index contributed by atoms with van der Waals surface area (Å²) in [6, 6.07) is 3.66. The SMILES string of the molecule is [N-]=[N+]=NCCCCNC(=O)Nc1ccc(C(F)(F)F)cc1. The highest BCUT2D eigenvalue weighted by molar-refractivity contribution is 5.89. The Kier molecular flexibility index (Phi) is 6.35. The molecule has 0 aliphatic carbocycles. The van der Waals surface area contributed by atoms with Crippen molar-refractivity contribution in [2.45, 2.75) is 19.0 Å². The van der Waals surface area contributed by atoms with E-state index in [0.717, 1.165) is 12.1 Å². The Morgan fingerprint density at radius 2 is 1.90 bits per heavy atom. The first-order valence-electron chi connectivity index (χ1n) is 6.16. The highest BCUT2D eigenvalue weighted by atomic mass is 19.4. The van der Waals surface area contributed by atoms with Crippen LogP contribution in [0, 0.1) is 0 Å². The van der Waals surface area contributed by atoms with Crippen molar-refractivity contribution in [3.05, 3.63) is 40.3 Å². The highest BCUT2D eigenvalue weighted by Crippen LogP contribution is 2.29. The molecule has 0 unspecified atom stereocenters. The number of alkyl halides is 3. The minimum absolute atomic E-state index is 0.273. The molecule has 0 radical (unpaired) electrons. The van der Waals surface area contributed by atoms with Gasteiger partial charge in [0.15, 0.2) is 0 Å². The number of carbonyl (C=O) groups excluding carboxylic acids is 1. The summed E-state index contributed by atoms with van der Waals surface area (Å²) in [6.07, 6.45) is -3.11. The van der Waals surface area contributed by atoms with Crippen molar-refractivity contribution in [3.8, 4) is 0 Å². The Labute approximate surface area is 119 Å². The topological polar surface area (TPSA) is 89.9 Å². The third kappa shape index (κ3) is 6.53. The van der Waals surface area contributed by atoms with Gasteiger partial charge < -0.3 is 10.6 Å². The molecule has 9 heteroatoms. The summed E-state index contributed by atoms with van der Waals surface area (Å²) in [6.45, 7) is 0.742. The Bertz CT molecular complexity index is 509. The summed E-state index contributed by atoms with van der Waals surface area (Å²) in [7, 11) is 0. The third-order valence-corrected chi connectivity index (χ3v) is 2.50. The first kappa shape index (κ1) is 16.6. The predicted molar refractivity (Wildman–Crippen MR) is 71.7 cm³/mol. The number of azide groups is 1. The smallest absolute Gasteiger partial charge is 0.338 e. The molecule has 6 nitrogen and oxygen atoms in total. The summed E-state index contributed by atoms with van der Waals surface area (Å²) >= 11 is 0. The quantitative estimate of drug-likeness (QED) is 0.354. The van der Waals surface area contributed by atoms with Crippen LogP contribution in [0.3, 0.4) is 0 Å². The van der Waals surface area contributed by atoms with Crippen molar-refractivity contribution in [1.29, 1.82) is 0 Å². The number of nitrogens with zero attached hydrogens (tertiary/aromatic N) is 3. The van der Waals surface area contributed by atoms with Crippen molar-refractivity contribution in [1.82, 2.24) is 5.32 Å². The van der Waals surface area contributed by atoms with Crippen LogP contribution in [0.25, 0.3) is 10.4 Å². The van der Waals surface area contributed by atoms with Gasteiger partial charge in [-0.15, -0.1) is 0 Å². The maximum absolute atomic E-state index is 12.3. The molecular formula is C12H14F3N5O. The molecule has 0 aliphatic heterocycles. The van der Waals surface area contributed by atoms with Crippen LogP contribution in [0.2, 0.25) is 0 Å². The number of halogens is 3. The summed E-state index contributed by atoms with van der Waals surface area (Å²) in [5, 5.41) is 8.31. The maximum atomic E-state index is 12.3. The van der Waals surface area contributed by atoms with Gasteiger partial charge >= 0.3 is 12.2 Å². The van der Waals surface area contributed by atoms with E-state index in [9.17, 15) is 18.0 Å². The molecule has 0 bridgehead atoms. The molecule has 21 heavy (non-hydrogen) atoms. The molecule has 2 N–H and O–H groups in total. The Hall–Kier alpha value is -2.41. The number of benzene rings is 1. The summed E-state index contributed by atoms with van der Waals surface area (Å²) in [5.41, 5.74) is 7.55. The van der Waals surface area contributed by atoms with Gasteiger partial charge in [-0.05, 0) is 42.6 Å². The lowest BCUT2D eigenvalue weighted by molar-refractivity contribution is -0.137. The molecule has 0 fully saturated rings. The van der Waals surface area contributed by atoms with E-state index >= 15 is 0 Å². The van der Waals surface area contributed by atoms with Crippen LogP contribution < -0.4 is 10.6 Å². The molecule has 1 rings (SSSR count). The first-order chi connectivity index (χ1) is 9.93. The molecule has 2 amide bonds. The van der Waals surface area contributed by atoms with Crippen LogP contribution in [-0.2, 0) is 6.18 Å². The van der Waals surface area contributed by atoms with Crippen LogP contribution in [0.4, 0.5) is 23.7 Å². The van der Waals surface area contributed by atoms with Gasteiger partial charge in [0.1, 0.15) is 0 Å². The van der Waals surface area contributed by atoms with Crippen molar-refractivity contribution in [2.24, 2.45) is 5.11 Å². The average molecular weight is 301 g/mol. The van der Waals surface area contributed by atoms with Crippen molar-refractivity contribution < 1.29 is 18.0 Å². The fourth-order valence-corrected chi connectivity index (χ4v) is 1.47. The van der Waals surface area contributed by atoms with E-state index in [4.69, 9.17) is 5.53 Å². The van der Waals surface area contributed by atoms with E-state index in [1.807, 2.05) is 0 Å². The van der Waals surface area contributed by atoms with E-state index in [1.165, 1.54) is 12.1 Å². The summed E-state index contributed by atoms with van der Waals surface area (Å²) in [4.78, 5) is 14.1. The molecule has 114 valence electrons. The molecule has 0 spiro atoms. The van der Waals surface area contributed by atoms with Gasteiger partial charge in [-0.25, -0.2) is 4.79 Å². The fourth-order valence-electron chi connectivity index (χ4n) is 1.47. The van der Waals surface area contributed by atoms with Gasteiger partial charge in [-0.2, -0.15) is 13.2 Å². The minimum Gasteiger partial charge on any atom is -0.338 e. The van der Waals surface area contributed by atoms with Gasteiger partial charge in [0, 0.05) is 23.7 Å². The second-order valence-electron chi connectivity index (χ2n) is 4.12. The van der Waals surface area contributed by atoms with Crippen LogP contribution in [0.1, 0.15) is 18.4 Å². The number of urea groups is 1. The molecule has 0 atom stereocenters. The third-order valence-electron chi connectivity index (χ3n) is 2.50. The highest BCUT2D eigenvalue weighted by Gasteiger charge is 2.29. The summed E-state index contributed by atoms with van der Waals surface area (Å²) < 4.78 is 37.0. The molecular weight excluding hydrogens is 287 g/mol. The van der Waals surface area contributed by atoms with Gasteiger partial charge in [0.05, 0.1) is 5.56 Å². The molecule has 0 saturated heterocycles. The Morgan fingerprint density at radius 1 is 1.24 bits per heavy atom. The van der Waals surface area contributed by atoms with Crippen LogP contribution in [0.5, 0.6) is 0 Å². The van der Waals surface area contributed by atoms with Crippen molar-refractivity contribution in [3.63, 3.8) is 0 Å². The van der Waals surface area contributed by atoms with Crippen molar-refractivity contribution >= 4 is 11.7 Å². The maximum Gasteiger partial charge on any atom is 0.416 e. The fraction of sp³-hybridized carbons (Fsp3) is 0.417. The molecule has 1 aromatic rings. The lowest BCUT2D eigenvalue weighted by Gasteiger charge is -2.09. The van der Waals surface area contributed by atoms with E-state index in [0.29, 0.717) is 25.9 Å². The second kappa shape index (κ2) is 8.01. The van der Waals surface area contributed by atoms with E-state index in [2.05, 4.69) is 20.7 Å². The largest absolute Gasteiger partial charge is 0.416 e. The Morgan fingerprint density at radius 3 is 2.48 bits per heavy atom. The number of nitrogens with one attached hydrogen (secondary N) is 2. The van der Waals surface area contributed by atoms with Crippen LogP contribution in [0.15, 0.2) is 29.4 Å².